The molecule has 0 saturated heterocycles. The minimum absolute atomic E-state index is 0.141. The Morgan fingerprint density at radius 3 is 2.58 bits per heavy atom. The van der Waals surface area contributed by atoms with Gasteiger partial charge >= 0.3 is 0 Å². The average molecular weight is 476 g/mol. The number of likely N-dealkylation sites (N-methyl/N-ethyl adjacent to an activating group) is 1. The number of hydrogen-bond acceptors (Lipinski definition) is 7. The lowest BCUT2D eigenvalue weighted by molar-refractivity contribution is -0.118. The number of ether oxygens (including phenoxy) is 1. The Labute approximate surface area is 197 Å². The van der Waals surface area contributed by atoms with Crippen molar-refractivity contribution in [3.8, 4) is 5.75 Å². The Balaban J connectivity index is 1.64. The van der Waals surface area contributed by atoms with Crippen molar-refractivity contribution in [2.24, 2.45) is 0 Å². The number of methoxy groups -OCH3 is 1. The third-order valence-electron chi connectivity index (χ3n) is 4.76. The van der Waals surface area contributed by atoms with E-state index >= 15 is 0 Å². The maximum absolute atomic E-state index is 13.1. The molecule has 166 valence electrons. The Bertz CT molecular complexity index is 989. The monoisotopic (exact) mass is 475 g/mol. The Hall–Kier alpha value is -1.74. The van der Waals surface area contributed by atoms with Gasteiger partial charge in [0.25, 0.3) is 0 Å². The number of benzene rings is 2. The summed E-state index contributed by atoms with van der Waals surface area (Å²) < 4.78 is 6.33. The van der Waals surface area contributed by atoms with Crippen molar-refractivity contribution in [3.63, 3.8) is 0 Å². The molecule has 1 aromatic heterocycles. The zero-order valence-electron chi connectivity index (χ0n) is 18.5. The predicted molar refractivity (Wildman–Crippen MR) is 135 cm³/mol. The molecular weight excluding hydrogens is 446 g/mol. The Kier molecular flexibility index (Phi) is 9.07. The molecule has 5 nitrogen and oxygen atoms in total. The average Bonchev–Trinajstić information content (AvgIpc) is 3.21. The molecule has 0 N–H and O–H groups in total. The molecule has 0 bridgehead atoms. The number of nitrogens with zero attached hydrogens (tertiary/aromatic N) is 3. The highest BCUT2D eigenvalue weighted by Gasteiger charge is 2.20. The van der Waals surface area contributed by atoms with Crippen molar-refractivity contribution in [1.29, 1.82) is 0 Å². The minimum Gasteiger partial charge on any atom is -0.497 e. The molecule has 0 saturated carbocycles. The molecule has 31 heavy (non-hydrogen) atoms. The lowest BCUT2D eigenvalue weighted by Crippen LogP contribution is -2.36. The number of rotatable bonds is 11. The first-order chi connectivity index (χ1) is 15.0. The van der Waals surface area contributed by atoms with Gasteiger partial charge in [-0.2, -0.15) is 0 Å². The first-order valence-electron chi connectivity index (χ1n) is 10.2. The van der Waals surface area contributed by atoms with Gasteiger partial charge in [-0.3, -0.25) is 9.69 Å². The SMILES string of the molecule is COc1ccc(SCCCC(=O)N(CCN(C)C)c2nc3c(SC)cccc3s2)cc1. The van der Waals surface area contributed by atoms with Crippen LogP contribution in [0.4, 0.5) is 5.13 Å². The summed E-state index contributed by atoms with van der Waals surface area (Å²) in [6, 6.07) is 14.3. The van der Waals surface area contributed by atoms with Crippen LogP contribution in [0.25, 0.3) is 10.2 Å². The van der Waals surface area contributed by atoms with Crippen LogP contribution in [0, 0.1) is 0 Å². The second-order valence-corrected chi connectivity index (χ2v) is 10.3. The van der Waals surface area contributed by atoms with Gasteiger partial charge in [-0.25, -0.2) is 4.98 Å². The summed E-state index contributed by atoms with van der Waals surface area (Å²) >= 11 is 5.05. The molecule has 0 fully saturated rings. The van der Waals surface area contributed by atoms with Crippen molar-refractivity contribution in [2.75, 3.05) is 51.2 Å². The van der Waals surface area contributed by atoms with E-state index in [1.54, 1.807) is 42.0 Å². The van der Waals surface area contributed by atoms with Crippen LogP contribution in [-0.2, 0) is 4.79 Å². The third kappa shape index (κ3) is 6.62. The van der Waals surface area contributed by atoms with E-state index in [1.807, 2.05) is 31.1 Å². The van der Waals surface area contributed by atoms with Crippen LogP contribution in [0.1, 0.15) is 12.8 Å². The second kappa shape index (κ2) is 11.8. The van der Waals surface area contributed by atoms with Gasteiger partial charge in [0.2, 0.25) is 5.91 Å². The number of aromatic nitrogens is 1. The normalized spacial score (nSPS) is 11.3. The first-order valence-corrected chi connectivity index (χ1v) is 13.2. The van der Waals surface area contributed by atoms with Crippen LogP contribution in [0.3, 0.4) is 0 Å². The first kappa shape index (κ1) is 23.9. The summed E-state index contributed by atoms with van der Waals surface area (Å²) in [5.41, 5.74) is 0.993. The summed E-state index contributed by atoms with van der Waals surface area (Å²) in [6.07, 6.45) is 3.40. The highest BCUT2D eigenvalue weighted by atomic mass is 32.2. The van der Waals surface area contributed by atoms with Crippen molar-refractivity contribution < 1.29 is 9.53 Å². The van der Waals surface area contributed by atoms with Gasteiger partial charge < -0.3 is 9.64 Å². The number of para-hydroxylation sites is 1. The number of thiazole rings is 1. The summed E-state index contributed by atoms with van der Waals surface area (Å²) in [7, 11) is 5.72. The van der Waals surface area contributed by atoms with Crippen LogP contribution in [-0.4, -0.2) is 62.1 Å². The summed E-state index contributed by atoms with van der Waals surface area (Å²) in [5.74, 6) is 1.90. The van der Waals surface area contributed by atoms with E-state index in [4.69, 9.17) is 9.72 Å². The van der Waals surface area contributed by atoms with E-state index in [0.717, 1.165) is 44.7 Å². The predicted octanol–water partition coefficient (Wildman–Crippen LogP) is 5.49. The molecule has 3 rings (SSSR count). The number of hydrogen-bond donors (Lipinski definition) is 0. The molecule has 0 atom stereocenters. The zero-order chi connectivity index (χ0) is 22.2. The number of carbonyl (C=O) groups is 1. The molecule has 0 spiro atoms. The van der Waals surface area contributed by atoms with Gasteiger partial charge in [-0.15, -0.1) is 23.5 Å². The number of amides is 1. The van der Waals surface area contributed by atoms with Gasteiger partial charge in [-0.1, -0.05) is 17.4 Å². The lowest BCUT2D eigenvalue weighted by Gasteiger charge is -2.22. The topological polar surface area (TPSA) is 45.7 Å². The highest BCUT2D eigenvalue weighted by molar-refractivity contribution is 7.99. The van der Waals surface area contributed by atoms with E-state index < -0.39 is 0 Å². The third-order valence-corrected chi connectivity index (χ3v) is 7.67. The van der Waals surface area contributed by atoms with Gasteiger partial charge in [0.15, 0.2) is 5.13 Å². The minimum atomic E-state index is 0.141. The molecule has 1 heterocycles. The molecule has 8 heteroatoms. The van der Waals surface area contributed by atoms with Crippen LogP contribution in [0.15, 0.2) is 52.3 Å². The number of anilines is 1. The number of fused-ring (bicyclic) bond motifs is 1. The molecule has 0 aliphatic carbocycles. The molecular formula is C23H29N3O2S3. The van der Waals surface area contributed by atoms with E-state index in [2.05, 4.69) is 41.5 Å². The van der Waals surface area contributed by atoms with Crippen LogP contribution in [0.5, 0.6) is 5.75 Å². The molecule has 0 radical (unpaired) electrons. The van der Waals surface area contributed by atoms with E-state index in [0.29, 0.717) is 13.0 Å². The van der Waals surface area contributed by atoms with E-state index in [9.17, 15) is 4.79 Å². The second-order valence-electron chi connectivity index (χ2n) is 7.28. The zero-order valence-corrected chi connectivity index (χ0v) is 20.9. The fourth-order valence-corrected chi connectivity index (χ4v) is 5.56. The van der Waals surface area contributed by atoms with E-state index in [-0.39, 0.29) is 5.91 Å². The molecule has 2 aromatic carbocycles. The van der Waals surface area contributed by atoms with Crippen molar-refractivity contribution in [3.05, 3.63) is 42.5 Å². The number of carbonyl (C=O) groups excluding carboxylic acids is 1. The summed E-state index contributed by atoms with van der Waals surface area (Å²) in [4.78, 5) is 24.3. The highest BCUT2D eigenvalue weighted by Crippen LogP contribution is 2.34. The van der Waals surface area contributed by atoms with E-state index in [1.165, 1.54) is 4.90 Å². The van der Waals surface area contributed by atoms with Crippen molar-refractivity contribution >= 4 is 56.1 Å². The van der Waals surface area contributed by atoms with Gasteiger partial charge in [0, 0.05) is 29.3 Å². The van der Waals surface area contributed by atoms with Crippen molar-refractivity contribution in [2.45, 2.75) is 22.6 Å². The number of thioether (sulfide) groups is 2. The van der Waals surface area contributed by atoms with Crippen LogP contribution < -0.4 is 9.64 Å². The lowest BCUT2D eigenvalue weighted by atomic mass is 10.3. The maximum Gasteiger partial charge on any atom is 0.228 e. The molecule has 0 aliphatic rings. The van der Waals surface area contributed by atoms with Gasteiger partial charge in [-0.05, 0) is 68.9 Å². The largest absolute Gasteiger partial charge is 0.497 e. The fourth-order valence-electron chi connectivity index (χ4n) is 3.04. The van der Waals surface area contributed by atoms with Crippen molar-refractivity contribution in [1.82, 2.24) is 9.88 Å². The quantitative estimate of drug-likeness (QED) is 0.270. The fraction of sp³-hybridized carbons (Fsp3) is 0.391. The Morgan fingerprint density at radius 1 is 1.13 bits per heavy atom. The van der Waals surface area contributed by atoms with Crippen LogP contribution in [0.2, 0.25) is 0 Å². The van der Waals surface area contributed by atoms with Crippen LogP contribution >= 0.6 is 34.9 Å². The van der Waals surface area contributed by atoms with Gasteiger partial charge in [0.05, 0.1) is 17.3 Å². The molecule has 0 unspecified atom stereocenters. The smallest absolute Gasteiger partial charge is 0.228 e. The maximum atomic E-state index is 13.1. The molecule has 3 aromatic rings. The van der Waals surface area contributed by atoms with Gasteiger partial charge in [0.1, 0.15) is 5.75 Å². The summed E-state index contributed by atoms with van der Waals surface area (Å²) in [5, 5.41) is 0.797. The Morgan fingerprint density at radius 2 is 1.90 bits per heavy atom. The standard InChI is InChI=1S/C23H29N3O2S3/c1-25(2)14-15-26(23-24-22-19(29-4)7-5-8-20(22)31-23)21(27)9-6-16-30-18-12-10-17(28-3)11-13-18/h5,7-8,10-13H,6,9,14-16H2,1-4H3. The summed E-state index contributed by atoms with van der Waals surface area (Å²) in [6.45, 7) is 1.45. The molecule has 1 amide bonds. The molecule has 0 aliphatic heterocycles.